The molecule has 0 saturated carbocycles. The Morgan fingerprint density at radius 2 is 2.05 bits per heavy atom. The van der Waals surface area contributed by atoms with Crippen LogP contribution in [0, 0.1) is 12.7 Å². The lowest BCUT2D eigenvalue weighted by molar-refractivity contribution is 0.303. The molecule has 2 aromatic rings. The molecule has 0 fully saturated rings. The van der Waals surface area contributed by atoms with Crippen LogP contribution in [0.1, 0.15) is 30.7 Å². The van der Waals surface area contributed by atoms with E-state index < -0.39 is 0 Å². The molecule has 112 valence electrons. The Balaban J connectivity index is 1.93. The van der Waals surface area contributed by atoms with Crippen molar-refractivity contribution in [1.82, 2.24) is 10.3 Å². The smallest absolute Gasteiger partial charge is 0.138 e. The number of benzene rings is 1. The van der Waals surface area contributed by atoms with Crippen LogP contribution >= 0.6 is 0 Å². The molecule has 0 radical (unpaired) electrons. The maximum atomic E-state index is 13.2. The van der Waals surface area contributed by atoms with Crippen LogP contribution < -0.4 is 10.1 Å². The summed E-state index contributed by atoms with van der Waals surface area (Å²) >= 11 is 0. The molecule has 0 amide bonds. The molecule has 0 aliphatic heterocycles. The lowest BCUT2D eigenvalue weighted by atomic mass is 10.1. The van der Waals surface area contributed by atoms with Gasteiger partial charge in [0, 0.05) is 12.6 Å². The summed E-state index contributed by atoms with van der Waals surface area (Å²) in [5.74, 6) is 0.444. The van der Waals surface area contributed by atoms with Crippen molar-refractivity contribution in [3.05, 3.63) is 59.2 Å². The Morgan fingerprint density at radius 3 is 2.71 bits per heavy atom. The molecular weight excluding hydrogens is 267 g/mol. The van der Waals surface area contributed by atoms with Gasteiger partial charge >= 0.3 is 0 Å². The fourth-order valence-electron chi connectivity index (χ4n) is 1.87. The summed E-state index contributed by atoms with van der Waals surface area (Å²) in [4.78, 5) is 4.34. The predicted octanol–water partition coefficient (Wildman–Crippen LogP) is 3.61. The van der Waals surface area contributed by atoms with Gasteiger partial charge in [0.05, 0.1) is 11.9 Å². The Morgan fingerprint density at radius 1 is 1.24 bits per heavy atom. The maximum Gasteiger partial charge on any atom is 0.138 e. The van der Waals surface area contributed by atoms with E-state index in [1.54, 1.807) is 12.3 Å². The number of rotatable bonds is 6. The number of aromatic nitrogens is 1. The quantitative estimate of drug-likeness (QED) is 0.881. The molecule has 0 saturated heterocycles. The summed E-state index contributed by atoms with van der Waals surface area (Å²) in [6.45, 7) is 7.21. The molecule has 0 atom stereocenters. The molecule has 0 unspecified atom stereocenters. The number of hydrogen-bond acceptors (Lipinski definition) is 3. The number of nitrogens with one attached hydrogen (secondary N) is 1. The zero-order valence-electron chi connectivity index (χ0n) is 12.7. The van der Waals surface area contributed by atoms with Gasteiger partial charge < -0.3 is 10.1 Å². The monoisotopic (exact) mass is 288 g/mol. The minimum Gasteiger partial charge on any atom is -0.487 e. The second-order valence-electron chi connectivity index (χ2n) is 5.38. The van der Waals surface area contributed by atoms with Gasteiger partial charge in [-0.1, -0.05) is 19.9 Å². The summed E-state index contributed by atoms with van der Waals surface area (Å²) in [7, 11) is 0. The van der Waals surface area contributed by atoms with Crippen LogP contribution in [0.3, 0.4) is 0 Å². The molecule has 0 spiro atoms. The molecule has 0 aliphatic carbocycles. The summed E-state index contributed by atoms with van der Waals surface area (Å²) < 4.78 is 18.9. The third-order valence-corrected chi connectivity index (χ3v) is 3.19. The molecule has 1 heterocycles. The largest absolute Gasteiger partial charge is 0.487 e. The van der Waals surface area contributed by atoms with Crippen molar-refractivity contribution in [2.24, 2.45) is 0 Å². The van der Waals surface area contributed by atoms with Gasteiger partial charge in [-0.2, -0.15) is 0 Å². The van der Waals surface area contributed by atoms with Crippen LogP contribution in [0.5, 0.6) is 5.75 Å². The van der Waals surface area contributed by atoms with Gasteiger partial charge in [-0.15, -0.1) is 0 Å². The van der Waals surface area contributed by atoms with E-state index in [1.165, 1.54) is 12.1 Å². The third-order valence-electron chi connectivity index (χ3n) is 3.19. The molecule has 1 aromatic carbocycles. The van der Waals surface area contributed by atoms with Crippen LogP contribution in [0.2, 0.25) is 0 Å². The predicted molar refractivity (Wildman–Crippen MR) is 81.7 cm³/mol. The highest BCUT2D eigenvalue weighted by Crippen LogP contribution is 2.15. The van der Waals surface area contributed by atoms with E-state index in [-0.39, 0.29) is 5.82 Å². The van der Waals surface area contributed by atoms with Crippen LogP contribution in [0.15, 0.2) is 36.5 Å². The van der Waals surface area contributed by atoms with Crippen molar-refractivity contribution in [3.8, 4) is 5.75 Å². The first-order chi connectivity index (χ1) is 10.0. The zero-order chi connectivity index (χ0) is 15.2. The normalized spacial score (nSPS) is 10.9. The van der Waals surface area contributed by atoms with E-state index >= 15 is 0 Å². The van der Waals surface area contributed by atoms with E-state index in [0.717, 1.165) is 23.4 Å². The van der Waals surface area contributed by atoms with Crippen molar-refractivity contribution in [1.29, 1.82) is 0 Å². The van der Waals surface area contributed by atoms with Gasteiger partial charge in [0.15, 0.2) is 0 Å². The molecule has 3 nitrogen and oxygen atoms in total. The summed E-state index contributed by atoms with van der Waals surface area (Å²) in [6, 6.07) is 8.97. The maximum absolute atomic E-state index is 13.2. The number of hydrogen-bond donors (Lipinski definition) is 1. The zero-order valence-corrected chi connectivity index (χ0v) is 12.7. The van der Waals surface area contributed by atoms with E-state index in [2.05, 4.69) is 24.1 Å². The lowest BCUT2D eigenvalue weighted by Crippen LogP contribution is -2.22. The van der Waals surface area contributed by atoms with Crippen molar-refractivity contribution < 1.29 is 9.13 Å². The summed E-state index contributed by atoms with van der Waals surface area (Å²) in [5.41, 5.74) is 2.83. The van der Waals surface area contributed by atoms with E-state index in [1.807, 2.05) is 19.1 Å². The average molecular weight is 288 g/mol. The molecule has 21 heavy (non-hydrogen) atoms. The van der Waals surface area contributed by atoms with Crippen LogP contribution in [-0.4, -0.2) is 11.0 Å². The van der Waals surface area contributed by atoms with Gasteiger partial charge in [0.1, 0.15) is 18.2 Å². The van der Waals surface area contributed by atoms with Gasteiger partial charge in [-0.05, 0) is 42.3 Å². The molecular formula is C17H21FN2O. The molecule has 0 aliphatic rings. The molecule has 4 heteroatoms. The topological polar surface area (TPSA) is 34.1 Å². The highest BCUT2D eigenvalue weighted by atomic mass is 19.1. The van der Waals surface area contributed by atoms with E-state index in [9.17, 15) is 4.39 Å². The highest BCUT2D eigenvalue weighted by molar-refractivity contribution is 5.27. The number of aryl methyl sites for hydroxylation is 1. The second-order valence-corrected chi connectivity index (χ2v) is 5.38. The van der Waals surface area contributed by atoms with Crippen molar-refractivity contribution >= 4 is 0 Å². The number of ether oxygens (including phenoxy) is 1. The summed E-state index contributed by atoms with van der Waals surface area (Å²) in [5, 5.41) is 3.31. The molecule has 1 N–H and O–H groups in total. The summed E-state index contributed by atoms with van der Waals surface area (Å²) in [6.07, 6.45) is 1.70. The van der Waals surface area contributed by atoms with Crippen LogP contribution in [-0.2, 0) is 13.2 Å². The number of halogens is 1. The molecule has 1 aromatic heterocycles. The minimum atomic E-state index is -0.243. The first-order valence-electron chi connectivity index (χ1n) is 7.11. The Hall–Kier alpha value is -1.94. The van der Waals surface area contributed by atoms with E-state index in [4.69, 9.17) is 4.74 Å². The van der Waals surface area contributed by atoms with Crippen molar-refractivity contribution in [2.45, 2.75) is 40.0 Å². The van der Waals surface area contributed by atoms with Crippen LogP contribution in [0.25, 0.3) is 0 Å². The SMILES string of the molecule is Cc1ccc(F)cc1COc1ccc(CNC(C)C)nc1. The average Bonchev–Trinajstić information content (AvgIpc) is 2.47. The fraction of sp³-hybridized carbons (Fsp3) is 0.353. The first kappa shape index (κ1) is 15.4. The molecule has 0 bridgehead atoms. The minimum absolute atomic E-state index is 0.243. The second kappa shape index (κ2) is 7.18. The molecule has 2 rings (SSSR count). The Labute approximate surface area is 125 Å². The number of pyridine rings is 1. The van der Waals surface area contributed by atoms with Gasteiger partial charge in [-0.3, -0.25) is 4.98 Å². The lowest BCUT2D eigenvalue weighted by Gasteiger charge is -2.10. The Kier molecular flexibility index (Phi) is 5.28. The van der Waals surface area contributed by atoms with E-state index in [0.29, 0.717) is 18.4 Å². The fourth-order valence-corrected chi connectivity index (χ4v) is 1.87. The third kappa shape index (κ3) is 4.83. The van der Waals surface area contributed by atoms with Crippen molar-refractivity contribution in [3.63, 3.8) is 0 Å². The van der Waals surface area contributed by atoms with Gasteiger partial charge in [0.2, 0.25) is 0 Å². The standard InChI is InChI=1S/C17H21FN2O/c1-12(2)19-9-16-6-7-17(10-20-16)21-11-14-8-15(18)5-4-13(14)3/h4-8,10,12,19H,9,11H2,1-3H3. The van der Waals surface area contributed by atoms with Crippen molar-refractivity contribution in [2.75, 3.05) is 0 Å². The van der Waals surface area contributed by atoms with Gasteiger partial charge in [0.25, 0.3) is 0 Å². The Bertz CT molecular complexity index is 582. The number of nitrogens with zero attached hydrogens (tertiary/aromatic N) is 1. The first-order valence-corrected chi connectivity index (χ1v) is 7.11. The van der Waals surface area contributed by atoms with Crippen LogP contribution in [0.4, 0.5) is 4.39 Å². The van der Waals surface area contributed by atoms with Gasteiger partial charge in [-0.25, -0.2) is 4.39 Å². The highest BCUT2D eigenvalue weighted by Gasteiger charge is 2.03.